The lowest BCUT2D eigenvalue weighted by molar-refractivity contribution is 0.110. The number of benzene rings is 1. The number of rotatable bonds is 7. The average molecular weight is 233 g/mol. The Kier molecular flexibility index (Phi) is 4.57. The van der Waals surface area contributed by atoms with Gasteiger partial charge in [0.2, 0.25) is 0 Å². The molecule has 0 bridgehead atoms. The van der Waals surface area contributed by atoms with Crippen LogP contribution in [0.15, 0.2) is 24.3 Å². The van der Waals surface area contributed by atoms with Crippen molar-refractivity contribution < 1.29 is 4.74 Å². The van der Waals surface area contributed by atoms with Crippen LogP contribution >= 0.6 is 0 Å². The Morgan fingerprint density at radius 2 is 2.12 bits per heavy atom. The third kappa shape index (κ3) is 3.83. The molecular formula is C15H23NO. The Morgan fingerprint density at radius 1 is 1.35 bits per heavy atom. The first kappa shape index (κ1) is 12.6. The fourth-order valence-electron chi connectivity index (χ4n) is 2.21. The van der Waals surface area contributed by atoms with Gasteiger partial charge >= 0.3 is 0 Å². The lowest BCUT2D eigenvalue weighted by Gasteiger charge is -2.19. The van der Waals surface area contributed by atoms with Crippen molar-refractivity contribution in [3.63, 3.8) is 0 Å². The molecule has 1 unspecified atom stereocenters. The summed E-state index contributed by atoms with van der Waals surface area (Å²) in [5.41, 5.74) is 2.78. The molecule has 0 amide bonds. The molecule has 1 saturated carbocycles. The molecule has 1 aliphatic carbocycles. The van der Waals surface area contributed by atoms with E-state index in [2.05, 4.69) is 36.5 Å². The third-order valence-electron chi connectivity index (χ3n) is 3.45. The minimum Gasteiger partial charge on any atom is -0.380 e. The van der Waals surface area contributed by atoms with Crippen molar-refractivity contribution in [3.05, 3.63) is 35.4 Å². The zero-order valence-corrected chi connectivity index (χ0v) is 10.9. The van der Waals surface area contributed by atoms with Gasteiger partial charge in [-0.3, -0.25) is 0 Å². The molecule has 1 aromatic rings. The van der Waals surface area contributed by atoms with Gasteiger partial charge in [-0.1, -0.05) is 24.3 Å². The summed E-state index contributed by atoms with van der Waals surface area (Å²) in [4.78, 5) is 0. The Morgan fingerprint density at radius 3 is 2.76 bits per heavy atom. The summed E-state index contributed by atoms with van der Waals surface area (Å²) in [6.45, 7) is 4.95. The van der Waals surface area contributed by atoms with Gasteiger partial charge < -0.3 is 10.1 Å². The number of hydrogen-bond acceptors (Lipinski definition) is 2. The lowest BCUT2D eigenvalue weighted by atomic mass is 9.95. The Hall–Kier alpha value is -0.860. The molecule has 1 N–H and O–H groups in total. The van der Waals surface area contributed by atoms with Gasteiger partial charge in [0.1, 0.15) is 0 Å². The fraction of sp³-hybridized carbons (Fsp3) is 0.600. The molecule has 1 aliphatic rings. The largest absolute Gasteiger partial charge is 0.380 e. The lowest BCUT2D eigenvalue weighted by Crippen LogP contribution is -2.22. The molecule has 17 heavy (non-hydrogen) atoms. The number of aryl methyl sites for hydroxylation is 1. The summed E-state index contributed by atoms with van der Waals surface area (Å²) in [5.74, 6) is 1.32. The molecule has 94 valence electrons. The van der Waals surface area contributed by atoms with Gasteiger partial charge in [0.05, 0.1) is 6.61 Å². The molecule has 0 radical (unpaired) electrons. The van der Waals surface area contributed by atoms with Crippen LogP contribution in [-0.2, 0) is 4.74 Å². The summed E-state index contributed by atoms with van der Waals surface area (Å²) >= 11 is 0. The normalized spacial score (nSPS) is 17.1. The number of ether oxygens (including phenoxy) is 1. The van der Waals surface area contributed by atoms with Gasteiger partial charge in [-0.25, -0.2) is 0 Å². The third-order valence-corrected chi connectivity index (χ3v) is 3.45. The highest BCUT2D eigenvalue weighted by Crippen LogP contribution is 2.29. The van der Waals surface area contributed by atoms with E-state index in [1.165, 1.54) is 24.0 Å². The molecule has 0 saturated heterocycles. The maximum absolute atomic E-state index is 5.84. The highest BCUT2D eigenvalue weighted by atomic mass is 16.5. The van der Waals surface area contributed by atoms with Crippen LogP contribution < -0.4 is 5.32 Å². The monoisotopic (exact) mass is 233 g/mol. The first-order valence-corrected chi connectivity index (χ1v) is 6.59. The molecule has 0 heterocycles. The van der Waals surface area contributed by atoms with E-state index in [1.54, 1.807) is 0 Å². The van der Waals surface area contributed by atoms with E-state index >= 15 is 0 Å². The first-order valence-electron chi connectivity index (χ1n) is 6.59. The Balaban J connectivity index is 1.92. The van der Waals surface area contributed by atoms with Gasteiger partial charge in [-0.2, -0.15) is 0 Å². The van der Waals surface area contributed by atoms with E-state index in [4.69, 9.17) is 4.74 Å². The van der Waals surface area contributed by atoms with Crippen molar-refractivity contribution in [1.82, 2.24) is 5.32 Å². The summed E-state index contributed by atoms with van der Waals surface area (Å²) in [6, 6.07) is 8.61. The molecule has 1 atom stereocenters. The molecule has 1 fully saturated rings. The summed E-state index contributed by atoms with van der Waals surface area (Å²) in [6.07, 6.45) is 2.72. The maximum Gasteiger partial charge on any atom is 0.0547 e. The predicted octanol–water partition coefficient (Wildman–Crippen LogP) is 2.72. The van der Waals surface area contributed by atoms with Gasteiger partial charge in [0, 0.05) is 19.1 Å². The van der Waals surface area contributed by atoms with Crippen molar-refractivity contribution >= 4 is 0 Å². The van der Waals surface area contributed by atoms with Crippen LogP contribution in [0, 0.1) is 12.8 Å². The second kappa shape index (κ2) is 6.18. The van der Waals surface area contributed by atoms with Crippen LogP contribution in [0.25, 0.3) is 0 Å². The highest BCUT2D eigenvalue weighted by Gasteiger charge is 2.22. The molecule has 0 spiro atoms. The average Bonchev–Trinajstić information content (AvgIpc) is 3.13. The van der Waals surface area contributed by atoms with E-state index in [9.17, 15) is 0 Å². The quantitative estimate of drug-likeness (QED) is 0.782. The molecule has 2 rings (SSSR count). The minimum absolute atomic E-state index is 0.472. The van der Waals surface area contributed by atoms with E-state index < -0.39 is 0 Å². The van der Waals surface area contributed by atoms with Crippen molar-refractivity contribution in [1.29, 1.82) is 0 Å². The van der Waals surface area contributed by atoms with Gasteiger partial charge in [0.25, 0.3) is 0 Å². The number of hydrogen-bond donors (Lipinski definition) is 1. The van der Waals surface area contributed by atoms with E-state index in [0.717, 1.165) is 25.7 Å². The SMILES string of the molecule is CNCC(COCC1CC1)c1ccccc1C. The van der Waals surface area contributed by atoms with Crippen LogP contribution in [0.1, 0.15) is 29.9 Å². The highest BCUT2D eigenvalue weighted by molar-refractivity contribution is 5.29. The molecule has 0 aliphatic heterocycles. The second-order valence-electron chi connectivity index (χ2n) is 5.09. The van der Waals surface area contributed by atoms with Gasteiger partial charge in [-0.05, 0) is 43.9 Å². The number of likely N-dealkylation sites (N-methyl/N-ethyl adjacent to an activating group) is 1. The van der Waals surface area contributed by atoms with Crippen molar-refractivity contribution in [2.24, 2.45) is 5.92 Å². The van der Waals surface area contributed by atoms with E-state index in [-0.39, 0.29) is 0 Å². The summed E-state index contributed by atoms with van der Waals surface area (Å²) < 4.78 is 5.84. The zero-order valence-electron chi connectivity index (χ0n) is 10.9. The molecular weight excluding hydrogens is 210 g/mol. The maximum atomic E-state index is 5.84. The smallest absolute Gasteiger partial charge is 0.0547 e. The second-order valence-corrected chi connectivity index (χ2v) is 5.09. The Bertz CT molecular complexity index is 347. The van der Waals surface area contributed by atoms with Crippen LogP contribution in [0.3, 0.4) is 0 Å². The van der Waals surface area contributed by atoms with Crippen LogP contribution in [-0.4, -0.2) is 26.8 Å². The molecule has 0 aromatic heterocycles. The van der Waals surface area contributed by atoms with Gasteiger partial charge in [0.15, 0.2) is 0 Å². The fourth-order valence-corrected chi connectivity index (χ4v) is 2.21. The van der Waals surface area contributed by atoms with Gasteiger partial charge in [-0.15, -0.1) is 0 Å². The van der Waals surface area contributed by atoms with E-state index in [1.807, 2.05) is 7.05 Å². The van der Waals surface area contributed by atoms with Crippen molar-refractivity contribution in [2.75, 3.05) is 26.8 Å². The summed E-state index contributed by atoms with van der Waals surface area (Å²) in [7, 11) is 2.01. The number of nitrogens with one attached hydrogen (secondary N) is 1. The minimum atomic E-state index is 0.472. The topological polar surface area (TPSA) is 21.3 Å². The molecule has 2 nitrogen and oxygen atoms in total. The van der Waals surface area contributed by atoms with Crippen LogP contribution in [0.4, 0.5) is 0 Å². The molecule has 2 heteroatoms. The standard InChI is InChI=1S/C15H23NO/c1-12-5-3-4-6-15(12)14(9-16-2)11-17-10-13-7-8-13/h3-6,13-14,16H,7-11H2,1-2H3. The van der Waals surface area contributed by atoms with E-state index in [0.29, 0.717) is 5.92 Å². The van der Waals surface area contributed by atoms with Crippen molar-refractivity contribution in [3.8, 4) is 0 Å². The predicted molar refractivity (Wildman–Crippen MR) is 71.4 cm³/mol. The Labute approximate surface area is 104 Å². The first-order chi connectivity index (χ1) is 8.31. The summed E-state index contributed by atoms with van der Waals surface area (Å²) in [5, 5.41) is 3.27. The zero-order chi connectivity index (χ0) is 12.1. The molecule has 1 aromatic carbocycles. The van der Waals surface area contributed by atoms with Crippen LogP contribution in [0.5, 0.6) is 0 Å². The van der Waals surface area contributed by atoms with Crippen LogP contribution in [0.2, 0.25) is 0 Å². The van der Waals surface area contributed by atoms with Crippen molar-refractivity contribution in [2.45, 2.75) is 25.7 Å².